The fourth-order valence-corrected chi connectivity index (χ4v) is 6.87. The van der Waals surface area contributed by atoms with Crippen LogP contribution in [0.5, 0.6) is 0 Å². The van der Waals surface area contributed by atoms with E-state index in [4.69, 9.17) is 0 Å². The first-order valence-corrected chi connectivity index (χ1v) is 11.4. The fraction of sp³-hybridized carbons (Fsp3) is 0.650. The zero-order chi connectivity index (χ0) is 19.2. The maximum absolute atomic E-state index is 12.5. The second kappa shape index (κ2) is 6.87. The van der Waals surface area contributed by atoms with Crippen LogP contribution < -0.4 is 15.4 Å². The van der Waals surface area contributed by atoms with Gasteiger partial charge in [-0.1, -0.05) is 6.07 Å². The summed E-state index contributed by atoms with van der Waals surface area (Å²) in [7, 11) is -2.16. The van der Waals surface area contributed by atoms with E-state index >= 15 is 0 Å². The van der Waals surface area contributed by atoms with Crippen molar-refractivity contribution in [2.45, 2.75) is 55.9 Å². The van der Waals surface area contributed by atoms with Crippen LogP contribution in [0.4, 0.5) is 5.69 Å². The summed E-state index contributed by atoms with van der Waals surface area (Å²) < 4.78 is 26.5. The number of carbonyl (C=O) groups excluding carboxylic acids is 1. The SMILES string of the molecule is CNS(=O)(=O)c1cc(NC(=O)CNC23CC4CC(CC(C4)C2)C3)ccc1C. The summed E-state index contributed by atoms with van der Waals surface area (Å²) in [6.07, 6.45) is 7.71. The molecule has 148 valence electrons. The summed E-state index contributed by atoms with van der Waals surface area (Å²) in [5.41, 5.74) is 1.29. The summed E-state index contributed by atoms with van der Waals surface area (Å²) in [6, 6.07) is 4.97. The van der Waals surface area contributed by atoms with Crippen molar-refractivity contribution >= 4 is 21.6 Å². The van der Waals surface area contributed by atoms with E-state index in [-0.39, 0.29) is 22.9 Å². The molecule has 1 amide bonds. The van der Waals surface area contributed by atoms with Gasteiger partial charge in [0, 0.05) is 11.2 Å². The van der Waals surface area contributed by atoms with Gasteiger partial charge >= 0.3 is 0 Å². The van der Waals surface area contributed by atoms with Crippen LogP contribution in [0, 0.1) is 24.7 Å². The Kier molecular flexibility index (Phi) is 4.81. The third-order valence-corrected chi connectivity index (χ3v) is 8.25. The maximum atomic E-state index is 12.5. The van der Waals surface area contributed by atoms with Gasteiger partial charge in [0.15, 0.2) is 0 Å². The van der Waals surface area contributed by atoms with Gasteiger partial charge in [-0.25, -0.2) is 13.1 Å². The van der Waals surface area contributed by atoms with E-state index in [1.807, 2.05) is 0 Å². The number of anilines is 1. The number of benzene rings is 1. The maximum Gasteiger partial charge on any atom is 0.240 e. The molecule has 6 nitrogen and oxygen atoms in total. The van der Waals surface area contributed by atoms with Gasteiger partial charge in [-0.3, -0.25) is 4.79 Å². The lowest BCUT2D eigenvalue weighted by atomic mass is 9.53. The summed E-state index contributed by atoms with van der Waals surface area (Å²) >= 11 is 0. The van der Waals surface area contributed by atoms with Crippen molar-refractivity contribution in [3.63, 3.8) is 0 Å². The van der Waals surface area contributed by atoms with E-state index in [0.29, 0.717) is 11.3 Å². The highest BCUT2D eigenvalue weighted by molar-refractivity contribution is 7.89. The Bertz CT molecular complexity index is 815. The average Bonchev–Trinajstić information content (AvgIpc) is 2.60. The first-order chi connectivity index (χ1) is 12.8. The Labute approximate surface area is 161 Å². The molecule has 4 aliphatic carbocycles. The topological polar surface area (TPSA) is 87.3 Å². The summed E-state index contributed by atoms with van der Waals surface area (Å²) in [6.45, 7) is 2.01. The molecule has 1 aromatic rings. The molecule has 0 spiro atoms. The minimum absolute atomic E-state index is 0.123. The fourth-order valence-electron chi connectivity index (χ4n) is 5.88. The van der Waals surface area contributed by atoms with E-state index in [1.165, 1.54) is 51.6 Å². The number of hydrogen-bond donors (Lipinski definition) is 3. The average molecular weight is 392 g/mol. The van der Waals surface area contributed by atoms with E-state index < -0.39 is 10.0 Å². The van der Waals surface area contributed by atoms with E-state index in [1.54, 1.807) is 19.1 Å². The van der Waals surface area contributed by atoms with Crippen molar-refractivity contribution in [3.8, 4) is 0 Å². The number of amides is 1. The van der Waals surface area contributed by atoms with Gasteiger partial charge in [0.2, 0.25) is 15.9 Å². The van der Waals surface area contributed by atoms with Crippen LogP contribution >= 0.6 is 0 Å². The molecule has 0 atom stereocenters. The van der Waals surface area contributed by atoms with Gasteiger partial charge in [-0.2, -0.15) is 0 Å². The molecule has 0 saturated heterocycles. The van der Waals surface area contributed by atoms with Crippen LogP contribution in [0.25, 0.3) is 0 Å². The van der Waals surface area contributed by atoms with E-state index in [0.717, 1.165) is 17.8 Å². The molecule has 4 fully saturated rings. The molecule has 4 bridgehead atoms. The van der Waals surface area contributed by atoms with Crippen molar-refractivity contribution < 1.29 is 13.2 Å². The van der Waals surface area contributed by atoms with Crippen molar-refractivity contribution in [1.29, 1.82) is 0 Å². The number of carbonyl (C=O) groups is 1. The molecule has 3 N–H and O–H groups in total. The monoisotopic (exact) mass is 391 g/mol. The molecule has 0 heterocycles. The standard InChI is InChI=1S/C20H29N3O3S/c1-13-3-4-17(8-18(13)27(25,26)21-2)23-19(24)12-22-20-9-14-5-15(10-20)7-16(6-14)11-20/h3-4,8,14-16,21-22H,5-7,9-12H2,1-2H3,(H,23,24). The van der Waals surface area contributed by atoms with Crippen molar-refractivity contribution in [2.24, 2.45) is 17.8 Å². The van der Waals surface area contributed by atoms with Gasteiger partial charge in [0.25, 0.3) is 0 Å². The molecule has 0 radical (unpaired) electrons. The minimum atomic E-state index is -3.55. The molecule has 0 unspecified atom stereocenters. The largest absolute Gasteiger partial charge is 0.325 e. The molecular weight excluding hydrogens is 362 g/mol. The Morgan fingerprint density at radius 1 is 1.11 bits per heavy atom. The number of nitrogens with one attached hydrogen (secondary N) is 3. The Morgan fingerprint density at radius 2 is 1.70 bits per heavy atom. The Balaban J connectivity index is 1.40. The number of sulfonamides is 1. The highest BCUT2D eigenvalue weighted by atomic mass is 32.2. The first-order valence-electron chi connectivity index (χ1n) is 9.88. The molecule has 0 aromatic heterocycles. The number of aryl methyl sites for hydroxylation is 1. The normalized spacial score (nSPS) is 31.9. The van der Waals surface area contributed by atoms with E-state index in [9.17, 15) is 13.2 Å². The molecule has 0 aliphatic heterocycles. The molecule has 4 saturated carbocycles. The predicted octanol–water partition coefficient (Wildman–Crippen LogP) is 2.40. The third-order valence-electron chi connectivity index (χ3n) is 6.69. The van der Waals surface area contributed by atoms with Crippen LogP contribution in [-0.4, -0.2) is 33.5 Å². The van der Waals surface area contributed by atoms with Gasteiger partial charge in [0.1, 0.15) is 0 Å². The van der Waals surface area contributed by atoms with Crippen LogP contribution in [0.15, 0.2) is 23.1 Å². The lowest BCUT2D eigenvalue weighted by Gasteiger charge is -2.57. The summed E-state index contributed by atoms with van der Waals surface area (Å²) in [5, 5.41) is 6.42. The highest BCUT2D eigenvalue weighted by Crippen LogP contribution is 2.55. The highest BCUT2D eigenvalue weighted by Gasteiger charge is 2.50. The lowest BCUT2D eigenvalue weighted by Crippen LogP contribution is -2.59. The molecule has 27 heavy (non-hydrogen) atoms. The molecular formula is C20H29N3O3S. The van der Waals surface area contributed by atoms with Gasteiger partial charge in [-0.05, 0) is 87.9 Å². The van der Waals surface area contributed by atoms with Crippen molar-refractivity contribution in [2.75, 3.05) is 18.9 Å². The molecule has 4 aliphatic rings. The Hall–Kier alpha value is -1.44. The molecule has 5 rings (SSSR count). The van der Waals surface area contributed by atoms with Gasteiger partial charge < -0.3 is 10.6 Å². The summed E-state index contributed by atoms with van der Waals surface area (Å²) in [4.78, 5) is 12.7. The van der Waals surface area contributed by atoms with Crippen molar-refractivity contribution in [3.05, 3.63) is 23.8 Å². The number of rotatable bonds is 6. The quantitative estimate of drug-likeness (QED) is 0.695. The van der Waals surface area contributed by atoms with E-state index in [2.05, 4.69) is 15.4 Å². The second-order valence-corrected chi connectivity index (χ2v) is 10.6. The van der Waals surface area contributed by atoms with Crippen LogP contribution in [0.3, 0.4) is 0 Å². The predicted molar refractivity (Wildman–Crippen MR) is 105 cm³/mol. The third kappa shape index (κ3) is 3.77. The lowest BCUT2D eigenvalue weighted by molar-refractivity contribution is -0.116. The zero-order valence-corrected chi connectivity index (χ0v) is 16.9. The Morgan fingerprint density at radius 3 is 2.26 bits per heavy atom. The van der Waals surface area contributed by atoms with Crippen molar-refractivity contribution in [1.82, 2.24) is 10.0 Å². The second-order valence-electron chi connectivity index (χ2n) is 8.79. The molecule has 7 heteroatoms. The smallest absolute Gasteiger partial charge is 0.240 e. The van der Waals surface area contributed by atoms with Gasteiger partial charge in [0.05, 0.1) is 11.4 Å². The van der Waals surface area contributed by atoms with Crippen LogP contribution in [0.2, 0.25) is 0 Å². The zero-order valence-electron chi connectivity index (χ0n) is 16.0. The summed E-state index contributed by atoms with van der Waals surface area (Å²) in [5.74, 6) is 2.37. The minimum Gasteiger partial charge on any atom is -0.325 e. The van der Waals surface area contributed by atoms with Crippen LogP contribution in [0.1, 0.15) is 44.1 Å². The molecule has 1 aromatic carbocycles. The van der Waals surface area contributed by atoms with Gasteiger partial charge in [-0.15, -0.1) is 0 Å². The van der Waals surface area contributed by atoms with Crippen LogP contribution in [-0.2, 0) is 14.8 Å². The number of hydrogen-bond acceptors (Lipinski definition) is 4. The first kappa shape index (κ1) is 18.9.